The summed E-state index contributed by atoms with van der Waals surface area (Å²) in [5.41, 5.74) is 1.34. The number of para-hydroxylation sites is 1. The molecular formula is C22H28N2O. The Morgan fingerprint density at radius 1 is 0.800 bits per heavy atom. The van der Waals surface area contributed by atoms with E-state index in [9.17, 15) is 0 Å². The first-order chi connectivity index (χ1) is 12.4. The summed E-state index contributed by atoms with van der Waals surface area (Å²) in [7, 11) is 0. The fourth-order valence-electron chi connectivity index (χ4n) is 4.15. The molecule has 3 heteroatoms. The quantitative estimate of drug-likeness (QED) is 0.797. The maximum atomic E-state index is 5.97. The summed E-state index contributed by atoms with van der Waals surface area (Å²) in [6, 6.07) is 19.4. The van der Waals surface area contributed by atoms with Crippen molar-refractivity contribution >= 4 is 0 Å². The van der Waals surface area contributed by atoms with Crippen LogP contribution in [0.5, 0.6) is 11.5 Å². The van der Waals surface area contributed by atoms with E-state index in [2.05, 4.69) is 28.0 Å². The van der Waals surface area contributed by atoms with Crippen molar-refractivity contribution in [1.29, 1.82) is 0 Å². The van der Waals surface area contributed by atoms with Gasteiger partial charge in [0, 0.05) is 38.8 Å². The summed E-state index contributed by atoms with van der Waals surface area (Å²) in [6.07, 6.45) is 5.69. The Morgan fingerprint density at radius 3 is 2.28 bits per heavy atom. The van der Waals surface area contributed by atoms with Crippen LogP contribution in [0.15, 0.2) is 54.6 Å². The zero-order valence-corrected chi connectivity index (χ0v) is 14.9. The van der Waals surface area contributed by atoms with Crippen molar-refractivity contribution in [3.63, 3.8) is 0 Å². The number of rotatable bonds is 5. The molecule has 0 radical (unpaired) electrons. The summed E-state index contributed by atoms with van der Waals surface area (Å²) >= 11 is 0. The second kappa shape index (κ2) is 8.03. The molecule has 0 amide bonds. The van der Waals surface area contributed by atoms with Gasteiger partial charge < -0.3 is 4.74 Å². The molecule has 4 rings (SSSR count). The minimum atomic E-state index is 0.866. The van der Waals surface area contributed by atoms with Gasteiger partial charge >= 0.3 is 0 Å². The molecule has 1 saturated heterocycles. The Morgan fingerprint density at radius 2 is 1.52 bits per heavy atom. The number of hydrogen-bond donors (Lipinski definition) is 0. The van der Waals surface area contributed by atoms with Crippen LogP contribution in [0.4, 0.5) is 0 Å². The van der Waals surface area contributed by atoms with Crippen LogP contribution in [0.2, 0.25) is 0 Å². The fourth-order valence-corrected chi connectivity index (χ4v) is 4.15. The van der Waals surface area contributed by atoms with Crippen molar-refractivity contribution < 1.29 is 4.74 Å². The molecule has 0 N–H and O–H groups in total. The van der Waals surface area contributed by atoms with Crippen molar-refractivity contribution in [3.05, 3.63) is 60.2 Å². The first kappa shape index (κ1) is 16.6. The fraction of sp³-hybridized carbons (Fsp3) is 0.455. The van der Waals surface area contributed by atoms with Crippen LogP contribution in [0.1, 0.15) is 31.2 Å². The van der Waals surface area contributed by atoms with E-state index in [-0.39, 0.29) is 0 Å². The average molecular weight is 336 g/mol. The van der Waals surface area contributed by atoms with Crippen LogP contribution in [0, 0.1) is 0 Å². The zero-order chi connectivity index (χ0) is 16.9. The van der Waals surface area contributed by atoms with Gasteiger partial charge in [0.05, 0.1) is 0 Å². The minimum absolute atomic E-state index is 0.866. The normalized spacial score (nSPS) is 20.0. The maximum Gasteiger partial charge on any atom is 0.127 e. The molecule has 0 bridgehead atoms. The third-order valence-electron chi connectivity index (χ3n) is 5.53. The van der Waals surface area contributed by atoms with E-state index in [0.29, 0.717) is 0 Å². The van der Waals surface area contributed by atoms with Crippen molar-refractivity contribution in [2.75, 3.05) is 26.2 Å². The second-order valence-electron chi connectivity index (χ2n) is 7.31. The van der Waals surface area contributed by atoms with E-state index in [1.54, 1.807) is 0 Å². The highest BCUT2D eigenvalue weighted by Gasteiger charge is 2.25. The predicted octanol–water partition coefficient (Wildman–Crippen LogP) is 4.54. The van der Waals surface area contributed by atoms with E-state index in [1.807, 2.05) is 36.4 Å². The third-order valence-corrected chi connectivity index (χ3v) is 5.53. The standard InChI is InChI=1S/C22H28N2O/c1-2-10-21(11-3-1)25-22-12-6-7-19(17-22)18-23-13-15-24(16-14-23)20-8-4-5-9-20/h1-3,6-7,10-12,17,20H,4-5,8-9,13-16,18H2. The van der Waals surface area contributed by atoms with Gasteiger partial charge in [-0.05, 0) is 42.7 Å². The first-order valence-corrected chi connectivity index (χ1v) is 9.65. The molecule has 2 aromatic carbocycles. The Balaban J connectivity index is 1.31. The predicted molar refractivity (Wildman–Crippen MR) is 102 cm³/mol. The van der Waals surface area contributed by atoms with Crippen LogP contribution < -0.4 is 4.74 Å². The maximum absolute atomic E-state index is 5.97. The molecule has 1 saturated carbocycles. The molecule has 2 aliphatic rings. The molecule has 2 fully saturated rings. The molecule has 0 aromatic heterocycles. The highest BCUT2D eigenvalue weighted by Crippen LogP contribution is 2.25. The van der Waals surface area contributed by atoms with Gasteiger partial charge in [-0.15, -0.1) is 0 Å². The summed E-state index contributed by atoms with van der Waals surface area (Å²) in [5.74, 6) is 1.82. The third kappa shape index (κ3) is 4.42. The summed E-state index contributed by atoms with van der Waals surface area (Å²) < 4.78 is 5.97. The van der Waals surface area contributed by atoms with Gasteiger partial charge in [0.1, 0.15) is 11.5 Å². The zero-order valence-electron chi connectivity index (χ0n) is 14.9. The van der Waals surface area contributed by atoms with Crippen LogP contribution in [0.3, 0.4) is 0 Å². The molecule has 1 heterocycles. The molecule has 3 nitrogen and oxygen atoms in total. The van der Waals surface area contributed by atoms with Crippen LogP contribution >= 0.6 is 0 Å². The summed E-state index contributed by atoms with van der Waals surface area (Å²) in [6.45, 7) is 5.83. The lowest BCUT2D eigenvalue weighted by atomic mass is 10.1. The highest BCUT2D eigenvalue weighted by molar-refractivity contribution is 5.33. The van der Waals surface area contributed by atoms with E-state index in [1.165, 1.54) is 57.4 Å². The molecule has 132 valence electrons. The summed E-state index contributed by atoms with van der Waals surface area (Å²) in [5, 5.41) is 0. The largest absolute Gasteiger partial charge is 0.457 e. The van der Waals surface area contributed by atoms with Gasteiger partial charge in [0.25, 0.3) is 0 Å². The van der Waals surface area contributed by atoms with Crippen molar-refractivity contribution in [1.82, 2.24) is 9.80 Å². The van der Waals surface area contributed by atoms with Gasteiger partial charge in [-0.2, -0.15) is 0 Å². The van der Waals surface area contributed by atoms with Crippen LogP contribution in [0.25, 0.3) is 0 Å². The molecule has 2 aromatic rings. The SMILES string of the molecule is c1ccc(Oc2cccc(CN3CCN(C4CCCC4)CC3)c2)cc1. The number of nitrogens with zero attached hydrogens (tertiary/aromatic N) is 2. The molecule has 1 aliphatic carbocycles. The van der Waals surface area contributed by atoms with Gasteiger partial charge in [-0.3, -0.25) is 9.80 Å². The Labute approximate surface area is 151 Å². The lowest BCUT2D eigenvalue weighted by molar-refractivity contribution is 0.0937. The monoisotopic (exact) mass is 336 g/mol. The Hall–Kier alpha value is -1.84. The van der Waals surface area contributed by atoms with Crippen molar-refractivity contribution in [2.24, 2.45) is 0 Å². The van der Waals surface area contributed by atoms with Gasteiger partial charge in [-0.1, -0.05) is 43.2 Å². The van der Waals surface area contributed by atoms with Gasteiger partial charge in [-0.25, -0.2) is 0 Å². The number of benzene rings is 2. The number of piperazine rings is 1. The summed E-state index contributed by atoms with van der Waals surface area (Å²) in [4.78, 5) is 5.30. The highest BCUT2D eigenvalue weighted by atomic mass is 16.5. The minimum Gasteiger partial charge on any atom is -0.457 e. The van der Waals surface area contributed by atoms with Crippen molar-refractivity contribution in [2.45, 2.75) is 38.3 Å². The molecule has 0 unspecified atom stereocenters. The molecule has 25 heavy (non-hydrogen) atoms. The lowest BCUT2D eigenvalue weighted by Crippen LogP contribution is -2.49. The van der Waals surface area contributed by atoms with Gasteiger partial charge in [0.2, 0.25) is 0 Å². The lowest BCUT2D eigenvalue weighted by Gasteiger charge is -2.38. The first-order valence-electron chi connectivity index (χ1n) is 9.65. The number of ether oxygens (including phenoxy) is 1. The van der Waals surface area contributed by atoms with E-state index in [0.717, 1.165) is 24.1 Å². The van der Waals surface area contributed by atoms with Crippen LogP contribution in [-0.2, 0) is 6.54 Å². The van der Waals surface area contributed by atoms with Crippen molar-refractivity contribution in [3.8, 4) is 11.5 Å². The molecule has 0 spiro atoms. The smallest absolute Gasteiger partial charge is 0.127 e. The topological polar surface area (TPSA) is 15.7 Å². The molecule has 1 aliphatic heterocycles. The average Bonchev–Trinajstić information content (AvgIpc) is 3.18. The van der Waals surface area contributed by atoms with E-state index < -0.39 is 0 Å². The van der Waals surface area contributed by atoms with E-state index in [4.69, 9.17) is 4.74 Å². The van der Waals surface area contributed by atoms with Crippen LogP contribution in [-0.4, -0.2) is 42.0 Å². The molecule has 0 atom stereocenters. The second-order valence-corrected chi connectivity index (χ2v) is 7.31. The molecular weight excluding hydrogens is 308 g/mol. The Kier molecular flexibility index (Phi) is 5.34. The number of hydrogen-bond acceptors (Lipinski definition) is 3. The van der Waals surface area contributed by atoms with Gasteiger partial charge in [0.15, 0.2) is 0 Å². The Bertz CT molecular complexity index is 659. The van der Waals surface area contributed by atoms with E-state index >= 15 is 0 Å².